The molecule has 0 aliphatic heterocycles. The lowest BCUT2D eigenvalue weighted by Gasteiger charge is -2.16. The molecule has 0 fully saturated rings. The van der Waals surface area contributed by atoms with Crippen LogP contribution in [-0.2, 0) is 11.3 Å². The molecule has 2 aromatic rings. The van der Waals surface area contributed by atoms with E-state index in [9.17, 15) is 9.18 Å². The smallest absolute Gasteiger partial charge is 0.223 e. The number of rotatable bonds is 6. The molecule has 2 nitrogen and oxygen atoms in total. The van der Waals surface area contributed by atoms with Crippen molar-refractivity contribution in [3.63, 3.8) is 0 Å². The third kappa shape index (κ3) is 5.45. The van der Waals surface area contributed by atoms with Crippen LogP contribution in [0.3, 0.4) is 0 Å². The molecule has 0 spiro atoms. The van der Waals surface area contributed by atoms with Crippen LogP contribution in [0.5, 0.6) is 0 Å². The molecule has 0 aliphatic rings. The van der Waals surface area contributed by atoms with Crippen molar-refractivity contribution < 1.29 is 9.18 Å². The summed E-state index contributed by atoms with van der Waals surface area (Å²) >= 11 is 6.61. The molecular formula is C15H15BrFNOS2. The number of benzene rings is 1. The van der Waals surface area contributed by atoms with E-state index in [0.29, 0.717) is 18.7 Å². The average Bonchev–Trinajstić information content (AvgIpc) is 2.86. The summed E-state index contributed by atoms with van der Waals surface area (Å²) in [4.78, 5) is 15.9. The van der Waals surface area contributed by atoms with Crippen molar-refractivity contribution >= 4 is 44.9 Å². The summed E-state index contributed by atoms with van der Waals surface area (Å²) in [7, 11) is 1.82. The van der Waals surface area contributed by atoms with Gasteiger partial charge in [0.05, 0.1) is 6.54 Å². The Morgan fingerprint density at radius 1 is 1.38 bits per heavy atom. The maximum atomic E-state index is 12.8. The number of carbonyl (C=O) groups excluding carboxylic acids is 1. The van der Waals surface area contributed by atoms with Gasteiger partial charge in [-0.15, -0.1) is 23.1 Å². The summed E-state index contributed by atoms with van der Waals surface area (Å²) in [5.74, 6) is 0.578. The SMILES string of the molecule is CN(Cc1cc(Br)cs1)C(=O)CCSc1ccc(F)cc1. The third-order valence-electron chi connectivity index (χ3n) is 2.84. The highest BCUT2D eigenvalue weighted by Gasteiger charge is 2.10. The Morgan fingerprint density at radius 2 is 2.10 bits per heavy atom. The van der Waals surface area contributed by atoms with Crippen molar-refractivity contribution in [2.75, 3.05) is 12.8 Å². The van der Waals surface area contributed by atoms with Gasteiger partial charge in [-0.05, 0) is 46.3 Å². The van der Waals surface area contributed by atoms with E-state index in [1.54, 1.807) is 40.1 Å². The van der Waals surface area contributed by atoms with Gasteiger partial charge in [-0.25, -0.2) is 4.39 Å². The quantitative estimate of drug-likeness (QED) is 0.664. The standard InChI is InChI=1S/C15H15BrFNOS2/c1-18(9-14-8-11(16)10-21-14)15(19)6-7-20-13-4-2-12(17)3-5-13/h2-5,8,10H,6-7,9H2,1H3. The minimum atomic E-state index is -0.239. The molecule has 21 heavy (non-hydrogen) atoms. The minimum absolute atomic E-state index is 0.120. The number of hydrogen-bond acceptors (Lipinski definition) is 3. The lowest BCUT2D eigenvalue weighted by molar-refractivity contribution is -0.129. The summed E-state index contributed by atoms with van der Waals surface area (Å²) in [6, 6.07) is 8.37. The van der Waals surface area contributed by atoms with Gasteiger partial charge in [0.2, 0.25) is 5.91 Å². The molecule has 2 rings (SSSR count). The van der Waals surface area contributed by atoms with Gasteiger partial charge in [-0.1, -0.05) is 0 Å². The van der Waals surface area contributed by atoms with Crippen molar-refractivity contribution in [1.29, 1.82) is 0 Å². The first-order valence-electron chi connectivity index (χ1n) is 6.40. The first kappa shape index (κ1) is 16.5. The highest BCUT2D eigenvalue weighted by molar-refractivity contribution is 9.10. The van der Waals surface area contributed by atoms with Crippen molar-refractivity contribution in [3.05, 3.63) is 50.9 Å². The maximum Gasteiger partial charge on any atom is 0.223 e. The predicted octanol–water partition coefficient (Wildman–Crippen LogP) is 4.79. The van der Waals surface area contributed by atoms with E-state index < -0.39 is 0 Å². The Hall–Kier alpha value is -0.850. The summed E-state index contributed by atoms with van der Waals surface area (Å²) < 4.78 is 13.8. The fourth-order valence-electron chi connectivity index (χ4n) is 1.74. The van der Waals surface area contributed by atoms with Gasteiger partial charge in [0.1, 0.15) is 5.82 Å². The lowest BCUT2D eigenvalue weighted by Crippen LogP contribution is -2.25. The van der Waals surface area contributed by atoms with E-state index in [2.05, 4.69) is 15.9 Å². The Bertz CT molecular complexity index is 600. The average molecular weight is 388 g/mol. The van der Waals surface area contributed by atoms with Crippen molar-refractivity contribution in [3.8, 4) is 0 Å². The monoisotopic (exact) mass is 387 g/mol. The molecule has 0 saturated heterocycles. The molecule has 0 unspecified atom stereocenters. The predicted molar refractivity (Wildman–Crippen MR) is 90.2 cm³/mol. The second kappa shape index (κ2) is 7.96. The molecular weight excluding hydrogens is 373 g/mol. The van der Waals surface area contributed by atoms with Gasteiger partial charge in [-0.2, -0.15) is 0 Å². The molecule has 0 saturated carbocycles. The second-order valence-corrected chi connectivity index (χ2v) is 7.61. The topological polar surface area (TPSA) is 20.3 Å². The second-order valence-electron chi connectivity index (χ2n) is 4.53. The molecule has 1 heterocycles. The number of hydrogen-bond donors (Lipinski definition) is 0. The van der Waals surface area contributed by atoms with Crippen LogP contribution in [0, 0.1) is 5.82 Å². The van der Waals surface area contributed by atoms with E-state index in [0.717, 1.165) is 14.2 Å². The van der Waals surface area contributed by atoms with E-state index in [-0.39, 0.29) is 11.7 Å². The summed E-state index contributed by atoms with van der Waals surface area (Å²) in [6.07, 6.45) is 0.477. The van der Waals surface area contributed by atoms with Crippen molar-refractivity contribution in [2.24, 2.45) is 0 Å². The Balaban J connectivity index is 1.74. The number of thiophene rings is 1. The highest BCUT2D eigenvalue weighted by atomic mass is 79.9. The highest BCUT2D eigenvalue weighted by Crippen LogP contribution is 2.22. The number of thioether (sulfide) groups is 1. The molecule has 112 valence electrons. The number of carbonyl (C=O) groups is 1. The van der Waals surface area contributed by atoms with E-state index in [4.69, 9.17) is 0 Å². The number of amides is 1. The molecule has 0 radical (unpaired) electrons. The van der Waals surface area contributed by atoms with Gasteiger partial charge >= 0.3 is 0 Å². The summed E-state index contributed by atoms with van der Waals surface area (Å²) in [6.45, 7) is 0.635. The van der Waals surface area contributed by atoms with Crippen LogP contribution in [0.4, 0.5) is 4.39 Å². The molecule has 0 aliphatic carbocycles. The molecule has 1 aromatic heterocycles. The third-order valence-corrected chi connectivity index (χ3v) is 5.53. The van der Waals surface area contributed by atoms with Crippen LogP contribution in [0.15, 0.2) is 45.1 Å². The zero-order chi connectivity index (χ0) is 15.2. The minimum Gasteiger partial charge on any atom is -0.341 e. The molecule has 0 atom stereocenters. The normalized spacial score (nSPS) is 10.6. The van der Waals surface area contributed by atoms with Crippen LogP contribution in [0.25, 0.3) is 0 Å². The fraction of sp³-hybridized carbons (Fsp3) is 0.267. The number of nitrogens with zero attached hydrogens (tertiary/aromatic N) is 1. The van der Waals surface area contributed by atoms with Crippen molar-refractivity contribution in [2.45, 2.75) is 17.9 Å². The maximum absolute atomic E-state index is 12.8. The van der Waals surface area contributed by atoms with Crippen LogP contribution >= 0.6 is 39.0 Å². The Kier molecular flexibility index (Phi) is 6.26. The number of halogens is 2. The zero-order valence-corrected chi connectivity index (χ0v) is 14.7. The van der Waals surface area contributed by atoms with Gasteiger partial charge in [0, 0.05) is 38.8 Å². The van der Waals surface area contributed by atoms with Crippen LogP contribution in [-0.4, -0.2) is 23.6 Å². The zero-order valence-electron chi connectivity index (χ0n) is 11.5. The first-order valence-corrected chi connectivity index (χ1v) is 9.05. The first-order chi connectivity index (χ1) is 10.0. The van der Waals surface area contributed by atoms with Gasteiger partial charge in [-0.3, -0.25) is 4.79 Å². The van der Waals surface area contributed by atoms with Gasteiger partial charge in [0.25, 0.3) is 0 Å². The van der Waals surface area contributed by atoms with E-state index >= 15 is 0 Å². The lowest BCUT2D eigenvalue weighted by atomic mass is 10.3. The van der Waals surface area contributed by atoms with E-state index in [1.165, 1.54) is 12.1 Å². The van der Waals surface area contributed by atoms with Crippen LogP contribution in [0.2, 0.25) is 0 Å². The molecule has 1 amide bonds. The summed E-state index contributed by atoms with van der Waals surface area (Å²) in [5, 5.41) is 2.01. The van der Waals surface area contributed by atoms with E-state index in [1.807, 2.05) is 18.5 Å². The molecule has 0 bridgehead atoms. The van der Waals surface area contributed by atoms with Gasteiger partial charge in [0.15, 0.2) is 0 Å². The largest absolute Gasteiger partial charge is 0.341 e. The fourth-order valence-corrected chi connectivity index (χ4v) is 4.08. The molecule has 1 aromatic carbocycles. The molecule has 6 heteroatoms. The Labute approximate surface area is 140 Å². The molecule has 0 N–H and O–H groups in total. The van der Waals surface area contributed by atoms with Crippen LogP contribution < -0.4 is 0 Å². The summed E-state index contributed by atoms with van der Waals surface area (Å²) in [5.41, 5.74) is 0. The van der Waals surface area contributed by atoms with Crippen molar-refractivity contribution in [1.82, 2.24) is 4.90 Å². The van der Waals surface area contributed by atoms with Gasteiger partial charge < -0.3 is 4.90 Å². The van der Waals surface area contributed by atoms with Crippen LogP contribution in [0.1, 0.15) is 11.3 Å². The Morgan fingerprint density at radius 3 is 2.71 bits per heavy atom.